The van der Waals surface area contributed by atoms with E-state index in [1.807, 2.05) is 12.3 Å². The predicted octanol–water partition coefficient (Wildman–Crippen LogP) is 3.80. The van der Waals surface area contributed by atoms with Crippen LogP contribution in [0.1, 0.15) is 46.5 Å². The van der Waals surface area contributed by atoms with Gasteiger partial charge in [0.05, 0.1) is 0 Å². The Morgan fingerprint density at radius 3 is 2.78 bits per heavy atom. The average Bonchev–Trinajstić information content (AvgIpc) is 2.81. The average molecular weight is 251 g/mol. The summed E-state index contributed by atoms with van der Waals surface area (Å²) in [5.41, 5.74) is 0. The van der Waals surface area contributed by atoms with E-state index < -0.39 is 0 Å². The number of ether oxygens (including phenoxy) is 1. The van der Waals surface area contributed by atoms with Crippen LogP contribution >= 0.6 is 0 Å². The van der Waals surface area contributed by atoms with Gasteiger partial charge < -0.3 is 4.74 Å². The highest BCUT2D eigenvalue weighted by atomic mass is 16.6. The highest BCUT2D eigenvalue weighted by molar-refractivity contribution is 5.69. The molecule has 1 aliphatic heterocycles. The molecule has 1 saturated carbocycles. The molecule has 0 aromatic heterocycles. The predicted molar refractivity (Wildman–Crippen MR) is 72.1 cm³/mol. The Morgan fingerprint density at radius 1 is 1.39 bits per heavy atom. The molecular formula is C15H25NO2. The number of nitrogens with zero attached hydrogens (tertiary/aromatic N) is 1. The molecule has 0 radical (unpaired) electrons. The number of amides is 1. The van der Waals surface area contributed by atoms with Crippen LogP contribution in [0.3, 0.4) is 0 Å². The fourth-order valence-electron chi connectivity index (χ4n) is 3.09. The molecule has 2 rings (SSSR count). The Labute approximate surface area is 110 Å². The summed E-state index contributed by atoms with van der Waals surface area (Å²) >= 11 is 0. The molecule has 0 aromatic carbocycles. The Kier molecular flexibility index (Phi) is 4.31. The number of carbonyl (C=O) groups excluding carboxylic acids is 1. The van der Waals surface area contributed by atoms with E-state index in [4.69, 9.17) is 4.74 Å². The van der Waals surface area contributed by atoms with Gasteiger partial charge in [-0.15, -0.1) is 0 Å². The van der Waals surface area contributed by atoms with Crippen molar-refractivity contribution in [1.82, 2.24) is 4.90 Å². The van der Waals surface area contributed by atoms with Crippen LogP contribution in [0.2, 0.25) is 0 Å². The molecule has 3 heteroatoms. The molecule has 0 spiro atoms. The molecule has 1 aliphatic carbocycles. The monoisotopic (exact) mass is 251 g/mol. The quantitative estimate of drug-likeness (QED) is 0.747. The Balaban J connectivity index is 1.95. The van der Waals surface area contributed by atoms with Gasteiger partial charge in [-0.2, -0.15) is 0 Å². The van der Waals surface area contributed by atoms with Gasteiger partial charge >= 0.3 is 6.09 Å². The van der Waals surface area contributed by atoms with Crippen LogP contribution in [0.5, 0.6) is 0 Å². The lowest BCUT2D eigenvalue weighted by Crippen LogP contribution is -2.38. The first-order valence-electron chi connectivity index (χ1n) is 7.22. The molecule has 3 nitrogen and oxygen atoms in total. The van der Waals surface area contributed by atoms with Crippen LogP contribution in [0.25, 0.3) is 0 Å². The summed E-state index contributed by atoms with van der Waals surface area (Å²) in [6, 6.07) is 0. The molecule has 0 unspecified atom stereocenters. The fourth-order valence-corrected chi connectivity index (χ4v) is 3.09. The lowest BCUT2D eigenvalue weighted by Gasteiger charge is -2.37. The van der Waals surface area contributed by atoms with Gasteiger partial charge in [0.25, 0.3) is 0 Å². The van der Waals surface area contributed by atoms with Gasteiger partial charge in [0.2, 0.25) is 0 Å². The Hall–Kier alpha value is -0.990. The van der Waals surface area contributed by atoms with E-state index in [-0.39, 0.29) is 12.2 Å². The van der Waals surface area contributed by atoms with Crippen LogP contribution < -0.4 is 0 Å². The zero-order valence-electron chi connectivity index (χ0n) is 11.8. The molecular weight excluding hydrogens is 226 g/mol. The van der Waals surface area contributed by atoms with Crippen molar-refractivity contribution >= 4 is 6.09 Å². The second kappa shape index (κ2) is 5.77. The molecule has 0 saturated heterocycles. The molecule has 2 aliphatic rings. The molecule has 102 valence electrons. The standard InChI is InChI=1S/C15H25NO2/c1-11(2)13-7-6-12(3)10-14(13)18-15(17)16-8-4-5-9-16/h4,8,11-14H,5-7,9-10H2,1-3H3/t12-,13+,14-/m0/s1. The molecule has 1 fully saturated rings. The summed E-state index contributed by atoms with van der Waals surface area (Å²) in [6.45, 7) is 7.50. The number of hydrogen-bond donors (Lipinski definition) is 0. The topological polar surface area (TPSA) is 29.5 Å². The minimum Gasteiger partial charge on any atom is -0.446 e. The van der Waals surface area contributed by atoms with E-state index in [1.165, 1.54) is 12.8 Å². The molecule has 1 heterocycles. The van der Waals surface area contributed by atoms with E-state index in [0.717, 1.165) is 19.4 Å². The van der Waals surface area contributed by atoms with Crippen LogP contribution in [0.4, 0.5) is 4.79 Å². The number of rotatable bonds is 2. The van der Waals surface area contributed by atoms with Crippen molar-refractivity contribution in [3.05, 3.63) is 12.3 Å². The SMILES string of the molecule is CC(C)[C@H]1CC[C@H](C)C[C@@H]1OC(=O)N1C=CCC1. The maximum atomic E-state index is 12.0. The fraction of sp³-hybridized carbons (Fsp3) is 0.800. The van der Waals surface area contributed by atoms with Gasteiger partial charge in [0.15, 0.2) is 0 Å². The van der Waals surface area contributed by atoms with Crippen molar-refractivity contribution in [1.29, 1.82) is 0 Å². The molecule has 18 heavy (non-hydrogen) atoms. The zero-order chi connectivity index (χ0) is 13.1. The highest BCUT2D eigenvalue weighted by Crippen LogP contribution is 2.35. The maximum Gasteiger partial charge on any atom is 0.414 e. The van der Waals surface area contributed by atoms with Crippen LogP contribution in [-0.2, 0) is 4.74 Å². The molecule has 0 N–H and O–H groups in total. The number of carbonyl (C=O) groups is 1. The van der Waals surface area contributed by atoms with Crippen LogP contribution in [-0.4, -0.2) is 23.6 Å². The van der Waals surface area contributed by atoms with Crippen molar-refractivity contribution in [2.45, 2.75) is 52.6 Å². The number of hydrogen-bond acceptors (Lipinski definition) is 2. The maximum absolute atomic E-state index is 12.0. The smallest absolute Gasteiger partial charge is 0.414 e. The summed E-state index contributed by atoms with van der Waals surface area (Å²) in [4.78, 5) is 13.7. The second-order valence-corrected chi connectivity index (χ2v) is 6.12. The van der Waals surface area contributed by atoms with E-state index >= 15 is 0 Å². The van der Waals surface area contributed by atoms with E-state index in [2.05, 4.69) is 20.8 Å². The zero-order valence-corrected chi connectivity index (χ0v) is 11.8. The van der Waals surface area contributed by atoms with Crippen LogP contribution in [0, 0.1) is 17.8 Å². The minimum absolute atomic E-state index is 0.107. The Morgan fingerprint density at radius 2 is 2.17 bits per heavy atom. The van der Waals surface area contributed by atoms with E-state index in [9.17, 15) is 4.79 Å². The van der Waals surface area contributed by atoms with Gasteiger partial charge in [-0.3, -0.25) is 4.90 Å². The third-order valence-electron chi connectivity index (χ3n) is 4.27. The third-order valence-corrected chi connectivity index (χ3v) is 4.27. The first kappa shape index (κ1) is 13.4. The van der Waals surface area contributed by atoms with Gasteiger partial charge in [-0.1, -0.05) is 33.3 Å². The third kappa shape index (κ3) is 3.06. The van der Waals surface area contributed by atoms with Crippen molar-refractivity contribution in [3.8, 4) is 0 Å². The lowest BCUT2D eigenvalue weighted by molar-refractivity contribution is -0.00440. The summed E-state index contributed by atoms with van der Waals surface area (Å²) < 4.78 is 5.76. The van der Waals surface area contributed by atoms with Gasteiger partial charge in [0.1, 0.15) is 6.10 Å². The van der Waals surface area contributed by atoms with Crippen molar-refractivity contribution in [2.75, 3.05) is 6.54 Å². The molecule has 0 bridgehead atoms. The van der Waals surface area contributed by atoms with Gasteiger partial charge in [-0.25, -0.2) is 4.79 Å². The largest absolute Gasteiger partial charge is 0.446 e. The summed E-state index contributed by atoms with van der Waals surface area (Å²) in [5, 5.41) is 0. The van der Waals surface area contributed by atoms with Gasteiger partial charge in [-0.05, 0) is 37.0 Å². The minimum atomic E-state index is -0.159. The van der Waals surface area contributed by atoms with Crippen LogP contribution in [0.15, 0.2) is 12.3 Å². The highest BCUT2D eigenvalue weighted by Gasteiger charge is 2.34. The van der Waals surface area contributed by atoms with Crippen molar-refractivity contribution in [2.24, 2.45) is 17.8 Å². The van der Waals surface area contributed by atoms with E-state index in [1.54, 1.807) is 4.90 Å². The lowest BCUT2D eigenvalue weighted by atomic mass is 9.75. The summed E-state index contributed by atoms with van der Waals surface area (Å²) in [5.74, 6) is 1.79. The molecule has 3 atom stereocenters. The summed E-state index contributed by atoms with van der Waals surface area (Å²) in [6.07, 6.45) is 8.23. The molecule has 1 amide bonds. The first-order valence-corrected chi connectivity index (χ1v) is 7.22. The summed E-state index contributed by atoms with van der Waals surface area (Å²) in [7, 11) is 0. The molecule has 0 aromatic rings. The Bertz CT molecular complexity index is 324. The van der Waals surface area contributed by atoms with Crippen molar-refractivity contribution in [3.63, 3.8) is 0 Å². The van der Waals surface area contributed by atoms with Crippen molar-refractivity contribution < 1.29 is 9.53 Å². The normalized spacial score (nSPS) is 32.0. The van der Waals surface area contributed by atoms with E-state index in [0.29, 0.717) is 17.8 Å². The van der Waals surface area contributed by atoms with Gasteiger partial charge in [0, 0.05) is 12.7 Å². The first-order chi connectivity index (χ1) is 8.58. The second-order valence-electron chi connectivity index (χ2n) is 6.12.